The minimum atomic E-state index is -2.42. The van der Waals surface area contributed by atoms with E-state index in [4.69, 9.17) is 10.7 Å². The van der Waals surface area contributed by atoms with Crippen LogP contribution in [0, 0.1) is 46.5 Å². The number of aryl methyl sites for hydroxylation is 2. The fraction of sp³-hybridized carbons (Fsp3) is 0.292. The topological polar surface area (TPSA) is 427 Å². The number of benzene rings is 4. The number of amides is 7. The number of esters is 1. The summed E-state index contributed by atoms with van der Waals surface area (Å²) in [6.07, 6.45) is 10.0. The maximum absolute atomic E-state index is 14.0. The Kier molecular flexibility index (Phi) is 32.9. The van der Waals surface area contributed by atoms with Crippen molar-refractivity contribution >= 4 is 155 Å². The molecule has 3 aliphatic rings. The summed E-state index contributed by atoms with van der Waals surface area (Å²) < 4.78 is 100. The molecule has 31 nitrogen and oxygen atoms in total. The predicted octanol–water partition coefficient (Wildman–Crippen LogP) is 14.2. The molecule has 8 aromatic heterocycles. The van der Waals surface area contributed by atoms with Gasteiger partial charge in [-0.05, 0) is 89.2 Å². The number of aromatic amines is 3. The van der Waals surface area contributed by atoms with Gasteiger partial charge in [0, 0.05) is 142 Å². The van der Waals surface area contributed by atoms with Crippen LogP contribution in [0.2, 0.25) is 0 Å². The number of thiazole rings is 2. The molecule has 3 atom stereocenters. The first kappa shape index (κ1) is 96.0. The van der Waals surface area contributed by atoms with Crippen LogP contribution in [0.4, 0.5) is 36.6 Å². The first-order valence-corrected chi connectivity index (χ1v) is 47.7. The molecule has 11 heterocycles. The van der Waals surface area contributed by atoms with Gasteiger partial charge in [0.25, 0.3) is 58.7 Å². The minimum Gasteiger partial charge on any atom is -0.478 e. The van der Waals surface area contributed by atoms with E-state index >= 15 is 0 Å². The van der Waals surface area contributed by atoms with Crippen molar-refractivity contribution in [2.24, 2.45) is 0 Å². The zero-order chi connectivity index (χ0) is 94.5. The standard InChI is InChI=1S/C28H19F5N4O5.C26H24N6O4S.C22H20N4O5.C8H20IN.C4H6N2S.CH3F/c1-13-12-36(26(39)14-5-3-2-4-6-14)9-10-37(13)27(40)24(38)16-11-35-22-15(7-8-34-23(16)22)28(41)42-25-20(32)18(30)17(29)19(31)21(25)33;1-15-14-37-26(29-15)30-23(34)18-8-9-27-21-19(12-28-20(18)21)22(33)25(36)32-11-10-31(13-16(32)2)24(35)17-6-4-3-5-7-17;1-13-12-25(20(28)14-5-3-2-4-6-14)9-10-26(13)21(29)19(27)16-11-24-17-15(22(30)31)7-8-23-18(16)17;1-4-7-9(10,6-3)8-5-2;1-3-2-7-4(5)6-3;1-2/h2-8,11,13,35H,9-10,12H2,1H3;3-9,12,14,16,28H,10-11,13H2,1-2H3,(H,29,30,34);2-8,11,13,24H,9-10,12H2,1H3,(H,30,31);10H,4-8H2,1-3H3;2H,1H3,(H2,5,6);1H3/t13-;16-;13-;;;/m111.../s1/i;;;;;1D. The van der Waals surface area contributed by atoms with E-state index in [0.717, 1.165) is 29.8 Å². The molecule has 4 aromatic carbocycles. The normalized spacial score (nSPS) is 15.0. The molecule has 0 spiro atoms. The molecule has 3 fully saturated rings. The number of fused-ring (bicyclic) bond motifs is 3. The van der Waals surface area contributed by atoms with Gasteiger partial charge in [-0.3, -0.25) is 72.6 Å². The first-order valence-electron chi connectivity index (χ1n) is 40.9. The van der Waals surface area contributed by atoms with Crippen molar-refractivity contribution in [1.82, 2.24) is 69.3 Å². The van der Waals surface area contributed by atoms with E-state index in [1.807, 2.05) is 43.7 Å². The van der Waals surface area contributed by atoms with Gasteiger partial charge in [-0.15, -0.1) is 22.7 Å². The average molecular weight is 1930 g/mol. The van der Waals surface area contributed by atoms with E-state index in [-0.39, 0.29) is 118 Å². The van der Waals surface area contributed by atoms with Crippen LogP contribution in [0.3, 0.4) is 0 Å². The number of halogens is 7. The first-order chi connectivity index (χ1) is 62.1. The Morgan fingerprint density at radius 2 is 0.853 bits per heavy atom. The SMILES string of the molecule is CCCI(=N)(CC)CCC.C[C@@H]1CN(C(=O)c2ccccc2)CCN1C(=O)C(=O)c1c[nH]c2c(C(=O)O)ccnc12.C[C@@H]1CN(C(=O)c2ccccc2)CCN1C(=O)C(=O)c1c[nH]c2c(C(=O)Oc3c(F)c(F)c(F)c(F)c3F)ccnc12.Cc1csc(N)n1.Cc1csc(NC(=O)c2ccnc3c(C(=O)C(=O)N4CCN(C(=O)c5ccccc5)C[C@H]4C)c[nH]c23)n1.[2H]CF. The number of carboxylic acid groups (broad SMARTS) is 1. The number of aromatic nitrogens is 8. The maximum Gasteiger partial charge on any atom is 0.346 e. The van der Waals surface area contributed by atoms with Crippen LogP contribution in [0.15, 0.2) is 157 Å². The van der Waals surface area contributed by atoms with Gasteiger partial charge in [-0.25, -0.2) is 32.7 Å². The van der Waals surface area contributed by atoms with Crippen LogP contribution in [-0.2, 0) is 14.4 Å². The quantitative estimate of drug-likeness (QED) is 0.00455. The number of ketones is 3. The second-order valence-electron chi connectivity index (χ2n) is 29.5. The second-order valence-corrected chi connectivity index (χ2v) is 40.5. The van der Waals surface area contributed by atoms with Crippen LogP contribution >= 0.6 is 40.9 Å². The monoisotopic (exact) mass is 1930 g/mol. The third-order valence-electron chi connectivity index (χ3n) is 20.8. The molecule has 678 valence electrons. The van der Waals surface area contributed by atoms with Gasteiger partial charge in [0.2, 0.25) is 34.8 Å². The number of pyridine rings is 3. The molecule has 40 heteroatoms. The van der Waals surface area contributed by atoms with Gasteiger partial charge < -0.3 is 59.9 Å². The van der Waals surface area contributed by atoms with E-state index in [2.05, 4.69) is 70.7 Å². The number of piperazine rings is 3. The number of nitrogen functional groups attached to an aromatic ring is 1. The van der Waals surface area contributed by atoms with E-state index in [1.165, 1.54) is 100 Å². The Bertz CT molecular complexity index is 6190. The van der Waals surface area contributed by atoms with Crippen molar-refractivity contribution in [3.8, 4) is 5.75 Å². The number of aromatic carboxylic acids is 1. The summed E-state index contributed by atoms with van der Waals surface area (Å²) in [5.41, 5.74) is 8.97. The number of carbonyl (C=O) groups excluding carboxylic acids is 11. The molecule has 0 radical (unpaired) electrons. The molecule has 0 bridgehead atoms. The summed E-state index contributed by atoms with van der Waals surface area (Å²) in [5, 5.41) is 16.9. The molecule has 0 aliphatic carbocycles. The van der Waals surface area contributed by atoms with Crippen molar-refractivity contribution in [3.63, 3.8) is 0 Å². The van der Waals surface area contributed by atoms with E-state index < -0.39 is 125 Å². The van der Waals surface area contributed by atoms with Crippen molar-refractivity contribution in [2.45, 2.75) is 86.4 Å². The number of nitrogens with two attached hydrogens (primary N) is 1. The maximum atomic E-state index is 14.0. The molecule has 0 saturated carbocycles. The average Bonchev–Trinajstić information content (AvgIpc) is 1.66. The van der Waals surface area contributed by atoms with Gasteiger partial charge in [0.1, 0.15) is 16.6 Å². The number of nitrogens with one attached hydrogen (secondary N) is 5. The van der Waals surface area contributed by atoms with Gasteiger partial charge in [-0.2, -0.15) is 8.78 Å². The van der Waals surface area contributed by atoms with Gasteiger partial charge in [-0.1, -0.05) is 54.6 Å². The number of hydrogen-bond acceptors (Lipinski definition) is 22. The zero-order valence-corrected chi connectivity index (χ0v) is 74.9. The number of anilines is 2. The van der Waals surface area contributed by atoms with E-state index in [9.17, 15) is 89.0 Å². The Balaban J connectivity index is 0.000000184. The number of ether oxygens (including phenoxy) is 1. The number of H-pyrrole nitrogens is 3. The molecule has 15 rings (SSSR count). The molecule has 8 N–H and O–H groups in total. The molecule has 0 unspecified atom stereocenters. The third-order valence-corrected chi connectivity index (χ3v) is 31.6. The summed E-state index contributed by atoms with van der Waals surface area (Å²) in [7, 11) is -1.00. The summed E-state index contributed by atoms with van der Waals surface area (Å²) in [6.45, 7) is 17.8. The van der Waals surface area contributed by atoms with Crippen LogP contribution in [0.5, 0.6) is 5.75 Å². The Labute approximate surface area is 748 Å². The van der Waals surface area contributed by atoms with Crippen molar-refractivity contribution < 1.29 is 95.1 Å². The zero-order valence-electron chi connectivity index (χ0n) is 72.1. The van der Waals surface area contributed by atoms with Gasteiger partial charge in [0.15, 0.2) is 10.3 Å². The van der Waals surface area contributed by atoms with Gasteiger partial charge in [0.05, 0.1) is 69.8 Å². The Hall–Kier alpha value is -13.6. The number of Topliss-reactive ketones (excluding diaryl/α,β-unsaturated/α-hetero) is 3. The summed E-state index contributed by atoms with van der Waals surface area (Å²) >= 11 is 0.904. The van der Waals surface area contributed by atoms with Crippen LogP contribution in [-0.4, -0.2) is 242 Å². The smallest absolute Gasteiger partial charge is 0.346 e. The second kappa shape index (κ2) is 44.2. The Morgan fingerprint density at radius 3 is 1.17 bits per heavy atom. The molecular weight excluding hydrogens is 1840 g/mol. The molecule has 12 aromatic rings. The number of alkyl halides is 4. The van der Waals surface area contributed by atoms with E-state index in [0.29, 0.717) is 58.6 Å². The number of nitrogens with zero attached hydrogens (tertiary/aromatic N) is 11. The summed E-state index contributed by atoms with van der Waals surface area (Å²) in [4.78, 5) is 192. The van der Waals surface area contributed by atoms with Crippen LogP contribution < -0.4 is 15.8 Å². The van der Waals surface area contributed by atoms with E-state index in [1.54, 1.807) is 107 Å². The number of rotatable bonds is 19. The Morgan fingerprint density at radius 1 is 0.512 bits per heavy atom. The van der Waals surface area contributed by atoms with Crippen molar-refractivity contribution in [2.75, 3.05) is 90.4 Å². The molecular formula is C89H92F6IN17O14S2. The molecule has 3 aliphatic heterocycles. The largest absolute Gasteiger partial charge is 0.478 e. The summed E-state index contributed by atoms with van der Waals surface area (Å²) in [5.74, 6) is -21.8. The number of carbonyl (C=O) groups is 12. The molecule has 3 saturated heterocycles. The predicted molar refractivity (Wildman–Crippen MR) is 481 cm³/mol. The van der Waals surface area contributed by atoms with Crippen LogP contribution in [0.1, 0.15) is 160 Å². The van der Waals surface area contributed by atoms with Crippen molar-refractivity contribution in [1.29, 1.82) is 3.56 Å². The molecule has 129 heavy (non-hydrogen) atoms. The molecule has 7 amide bonds. The number of carboxylic acids is 1. The number of hydrogen-bond donors (Lipinski definition) is 7. The van der Waals surface area contributed by atoms with Crippen molar-refractivity contribution in [3.05, 3.63) is 248 Å². The third kappa shape index (κ3) is 22.9. The fourth-order valence-corrected chi connectivity index (χ4v) is 21.8. The van der Waals surface area contributed by atoms with Gasteiger partial charge >= 0.3 is 80.7 Å². The fourth-order valence-electron chi connectivity index (χ4n) is 14.3. The summed E-state index contributed by atoms with van der Waals surface area (Å²) in [6, 6.07) is 29.1. The minimum absolute atomic E-state index is 0.0260. The van der Waals surface area contributed by atoms with Crippen LogP contribution in [0.25, 0.3) is 33.1 Å².